The first-order valence-electron chi connectivity index (χ1n) is 21.8. The molecule has 23 heteroatoms. The highest BCUT2D eigenvalue weighted by atomic mass is 35.5. The number of nitrogens with zero attached hydrogens (tertiary/aromatic N) is 9. The number of benzene rings is 2. The molecule has 2 saturated heterocycles. The number of imidazole rings is 2. The van der Waals surface area contributed by atoms with Crippen molar-refractivity contribution in [3.63, 3.8) is 0 Å². The number of fused-ring (bicyclic) bond motifs is 2. The van der Waals surface area contributed by atoms with Crippen LogP contribution >= 0.6 is 11.6 Å². The highest BCUT2D eigenvalue weighted by Crippen LogP contribution is 2.41. The molecule has 2 fully saturated rings. The van der Waals surface area contributed by atoms with Gasteiger partial charge in [-0.15, -0.1) is 0 Å². The molecule has 2 aromatic carbocycles. The lowest BCUT2D eigenvalue weighted by Gasteiger charge is -2.23. The van der Waals surface area contributed by atoms with E-state index in [-0.39, 0.29) is 17.9 Å². The fraction of sp³-hybridized carbons (Fsp3) is 0.348. The highest BCUT2D eigenvalue weighted by Gasteiger charge is 2.28. The second kappa shape index (κ2) is 22.1. The number of halogens is 1. The lowest BCUT2D eigenvalue weighted by atomic mass is 10.2. The second-order valence-electron chi connectivity index (χ2n) is 15.5. The van der Waals surface area contributed by atoms with E-state index in [2.05, 4.69) is 40.9 Å². The summed E-state index contributed by atoms with van der Waals surface area (Å²) in [4.78, 5) is 28.5. The van der Waals surface area contributed by atoms with Gasteiger partial charge in [-0.2, -0.15) is 9.97 Å². The Hall–Kier alpha value is -7.53. The average molecular weight is 969 g/mol. The summed E-state index contributed by atoms with van der Waals surface area (Å²) in [6.07, 6.45) is 14.3. The van der Waals surface area contributed by atoms with Gasteiger partial charge in [0.15, 0.2) is 45.8 Å². The van der Waals surface area contributed by atoms with E-state index >= 15 is 0 Å². The van der Waals surface area contributed by atoms with Crippen molar-refractivity contribution in [3.05, 3.63) is 79.3 Å². The predicted molar refractivity (Wildman–Crippen MR) is 257 cm³/mol. The molecule has 10 rings (SSSR count). The normalized spacial score (nSPS) is 15.3. The minimum absolute atomic E-state index is 0.0106. The molecule has 0 spiro atoms. The van der Waals surface area contributed by atoms with Crippen LogP contribution in [0.25, 0.3) is 33.6 Å². The average Bonchev–Trinajstić information content (AvgIpc) is 4.24. The van der Waals surface area contributed by atoms with Crippen molar-refractivity contribution in [1.82, 2.24) is 44.4 Å². The first-order chi connectivity index (χ1) is 33.7. The molecule has 5 N–H and O–H groups in total. The van der Waals surface area contributed by atoms with Gasteiger partial charge in [0.2, 0.25) is 22.7 Å². The molecular weight excluding hydrogens is 916 g/mol. The van der Waals surface area contributed by atoms with Gasteiger partial charge in [0, 0.05) is 49.0 Å². The summed E-state index contributed by atoms with van der Waals surface area (Å²) in [6.45, 7) is 2.25. The van der Waals surface area contributed by atoms with E-state index in [0.717, 1.165) is 43.7 Å². The third kappa shape index (κ3) is 10.6. The molecule has 2 aliphatic heterocycles. The zero-order chi connectivity index (χ0) is 48.4. The Morgan fingerprint density at radius 1 is 0.667 bits per heavy atom. The minimum Gasteiger partial charge on any atom is -0.493 e. The highest BCUT2D eigenvalue weighted by molar-refractivity contribution is 6.28. The number of hydrogen-bond donors (Lipinski definition) is 5. The number of anilines is 5. The number of aliphatic hydroxyl groups is 2. The molecule has 8 heterocycles. The number of nitrogens with one attached hydrogen (secondary N) is 3. The van der Waals surface area contributed by atoms with Gasteiger partial charge in [0.05, 0.1) is 98.2 Å². The molecule has 2 atom stereocenters. The number of furan rings is 2. The van der Waals surface area contributed by atoms with Crippen molar-refractivity contribution in [1.29, 1.82) is 0 Å². The Morgan fingerprint density at radius 3 is 1.64 bits per heavy atom. The van der Waals surface area contributed by atoms with Crippen LogP contribution in [0.1, 0.15) is 25.7 Å². The molecule has 364 valence electrons. The molecular formula is C46H53ClN12O10. The van der Waals surface area contributed by atoms with E-state index in [0.29, 0.717) is 98.6 Å². The Balaban J connectivity index is 0.000000165. The van der Waals surface area contributed by atoms with E-state index in [1.165, 1.54) is 12.7 Å². The number of ether oxygens (including phenoxy) is 6. The molecule has 0 bridgehead atoms. The third-order valence-corrected chi connectivity index (χ3v) is 11.5. The van der Waals surface area contributed by atoms with Gasteiger partial charge in [0.1, 0.15) is 35.3 Å². The smallest absolute Gasteiger partial charge is 0.228 e. The molecule has 0 amide bonds. The van der Waals surface area contributed by atoms with Crippen LogP contribution in [-0.4, -0.2) is 130 Å². The zero-order valence-electron chi connectivity index (χ0n) is 38.8. The molecule has 0 aliphatic carbocycles. The van der Waals surface area contributed by atoms with Gasteiger partial charge >= 0.3 is 0 Å². The summed E-state index contributed by atoms with van der Waals surface area (Å²) in [5.74, 6) is 5.80. The predicted octanol–water partition coefficient (Wildman–Crippen LogP) is 6.70. The van der Waals surface area contributed by atoms with Gasteiger partial charge in [-0.25, -0.2) is 19.9 Å². The van der Waals surface area contributed by atoms with E-state index in [9.17, 15) is 5.11 Å². The molecule has 69 heavy (non-hydrogen) atoms. The van der Waals surface area contributed by atoms with Crippen molar-refractivity contribution in [3.8, 4) is 45.9 Å². The Labute approximate surface area is 401 Å². The molecule has 0 radical (unpaired) electrons. The van der Waals surface area contributed by atoms with Crippen LogP contribution in [0.2, 0.25) is 5.28 Å². The van der Waals surface area contributed by atoms with Crippen LogP contribution in [0.3, 0.4) is 0 Å². The van der Waals surface area contributed by atoms with Crippen LogP contribution in [0.15, 0.2) is 82.8 Å². The zero-order valence-corrected chi connectivity index (χ0v) is 39.6. The standard InChI is InChI=1S/C23H26N6O5.C18H16ClN5O4.C5H11NO/c1-31-17-9-15(10-18(32-2)21(17)33-3)28-11-19(24-13-28)26-22-20-16(6-8-34-20)25-23(27-22)29-7-4-5-14(29)12-30;1-25-12-6-10(7-13(26-2)16(12)27-3)24-8-14(20-9-24)22-17-15-11(4-5-28-15)21-18(19)23-17;7-4-5-2-1-3-6-5/h6,8-11,13-14,30H,4-5,7,12H2,1-3H3,(H,25,26,27);4-9H,1-3H3,(H,21,22,23);5-7H,1-4H2/t14-;;5-/m1.1/s1. The van der Waals surface area contributed by atoms with Gasteiger partial charge in [-0.1, -0.05) is 0 Å². The Morgan fingerprint density at radius 2 is 1.19 bits per heavy atom. The monoisotopic (exact) mass is 968 g/mol. The summed E-state index contributed by atoms with van der Waals surface area (Å²) in [6, 6.07) is 11.2. The minimum atomic E-state index is 0.0106. The fourth-order valence-corrected chi connectivity index (χ4v) is 8.09. The molecule has 8 aromatic rings. The van der Waals surface area contributed by atoms with Crippen LogP contribution in [0, 0.1) is 0 Å². The molecule has 6 aromatic heterocycles. The third-order valence-electron chi connectivity index (χ3n) is 11.3. The van der Waals surface area contributed by atoms with Crippen LogP contribution in [0.4, 0.5) is 29.2 Å². The largest absolute Gasteiger partial charge is 0.493 e. The molecule has 0 unspecified atom stereocenters. The number of hydrogen-bond acceptors (Lipinski definition) is 20. The summed E-state index contributed by atoms with van der Waals surface area (Å²) in [5.41, 5.74) is 3.87. The number of aromatic nitrogens is 8. The van der Waals surface area contributed by atoms with E-state index in [1.54, 1.807) is 84.5 Å². The molecule has 22 nitrogen and oxygen atoms in total. The van der Waals surface area contributed by atoms with Gasteiger partial charge in [-0.05, 0) is 43.8 Å². The Kier molecular flexibility index (Phi) is 15.3. The summed E-state index contributed by atoms with van der Waals surface area (Å²) < 4.78 is 47.2. The molecule has 0 saturated carbocycles. The van der Waals surface area contributed by atoms with Crippen molar-refractivity contribution in [2.45, 2.75) is 37.8 Å². The lowest BCUT2D eigenvalue weighted by Crippen LogP contribution is -2.33. The quantitative estimate of drug-likeness (QED) is 0.0670. The van der Waals surface area contributed by atoms with Crippen molar-refractivity contribution in [2.75, 3.05) is 84.5 Å². The van der Waals surface area contributed by atoms with Crippen LogP contribution in [-0.2, 0) is 0 Å². The van der Waals surface area contributed by atoms with Crippen molar-refractivity contribution in [2.24, 2.45) is 0 Å². The summed E-state index contributed by atoms with van der Waals surface area (Å²) >= 11 is 5.97. The first kappa shape index (κ1) is 47.9. The lowest BCUT2D eigenvalue weighted by molar-refractivity contribution is 0.255. The number of rotatable bonds is 15. The van der Waals surface area contributed by atoms with E-state index in [4.69, 9.17) is 58.9 Å². The maximum Gasteiger partial charge on any atom is 0.228 e. The summed E-state index contributed by atoms with van der Waals surface area (Å²) in [5, 5.41) is 27.8. The van der Waals surface area contributed by atoms with Gasteiger partial charge in [-0.3, -0.25) is 0 Å². The first-order valence-corrected chi connectivity index (χ1v) is 22.2. The topological polar surface area (TPSA) is 249 Å². The fourth-order valence-electron chi connectivity index (χ4n) is 7.92. The van der Waals surface area contributed by atoms with Gasteiger partial charge in [0.25, 0.3) is 0 Å². The van der Waals surface area contributed by atoms with Crippen LogP contribution < -0.4 is 49.3 Å². The number of methoxy groups -OCH3 is 6. The van der Waals surface area contributed by atoms with Crippen LogP contribution in [0.5, 0.6) is 34.5 Å². The SMILES string of the molecule is COc1cc(-n2cnc(Nc3nc(Cl)nc4ccoc34)c2)cc(OC)c1OC.COc1cc(-n2cnc(Nc3nc(N4CCC[C@@H]4CO)nc4ccoc34)c2)cc(OC)c1OC.OC[C@H]1CCCN1. The van der Waals surface area contributed by atoms with E-state index in [1.807, 2.05) is 39.9 Å². The second-order valence-corrected chi connectivity index (χ2v) is 15.8. The maximum atomic E-state index is 9.72. The van der Waals surface area contributed by atoms with E-state index < -0.39 is 0 Å². The number of aliphatic hydroxyl groups excluding tert-OH is 2. The van der Waals surface area contributed by atoms with Crippen molar-refractivity contribution >= 4 is 63.0 Å². The van der Waals surface area contributed by atoms with Gasteiger partial charge < -0.3 is 77.5 Å². The Bertz CT molecular complexity index is 2920. The maximum absolute atomic E-state index is 9.72. The summed E-state index contributed by atoms with van der Waals surface area (Å²) in [7, 11) is 9.40. The van der Waals surface area contributed by atoms with Crippen molar-refractivity contribution < 1.29 is 47.5 Å². The molecule has 2 aliphatic rings.